The highest BCUT2D eigenvalue weighted by molar-refractivity contribution is 5.96. The Morgan fingerprint density at radius 3 is 2.95 bits per heavy atom. The van der Waals surface area contributed by atoms with E-state index in [0.29, 0.717) is 25.2 Å². The van der Waals surface area contributed by atoms with Crippen molar-refractivity contribution in [2.75, 3.05) is 39.3 Å². The van der Waals surface area contributed by atoms with Gasteiger partial charge in [0, 0.05) is 38.9 Å². The van der Waals surface area contributed by atoms with Crippen LogP contribution in [0.3, 0.4) is 0 Å². The van der Waals surface area contributed by atoms with E-state index in [0.717, 1.165) is 26.1 Å². The van der Waals surface area contributed by atoms with Crippen LogP contribution in [0.15, 0.2) is 18.5 Å². The summed E-state index contributed by atoms with van der Waals surface area (Å²) in [5.41, 5.74) is 5.88. The van der Waals surface area contributed by atoms with Gasteiger partial charge in [-0.1, -0.05) is 0 Å². The number of hydrogen-bond acceptors (Lipinski definition) is 5. The summed E-state index contributed by atoms with van der Waals surface area (Å²) >= 11 is 0. The Morgan fingerprint density at radius 1 is 1.37 bits per heavy atom. The second kappa shape index (κ2) is 6.49. The van der Waals surface area contributed by atoms with Crippen LogP contribution in [0.5, 0.6) is 5.75 Å². The number of carbonyl (C=O) groups is 1. The molecule has 3 N–H and O–H groups in total. The SMILES string of the molecule is NCCN1CCCN(C(=O)c2ccncc2O)CC1. The molecule has 1 aliphatic heterocycles. The molecule has 0 atom stereocenters. The Morgan fingerprint density at radius 2 is 2.21 bits per heavy atom. The van der Waals surface area contributed by atoms with E-state index in [-0.39, 0.29) is 11.7 Å². The van der Waals surface area contributed by atoms with E-state index in [4.69, 9.17) is 5.73 Å². The number of nitrogens with zero attached hydrogens (tertiary/aromatic N) is 3. The number of nitrogens with two attached hydrogens (primary N) is 1. The molecule has 2 heterocycles. The number of amides is 1. The van der Waals surface area contributed by atoms with Crippen molar-refractivity contribution in [1.29, 1.82) is 0 Å². The molecule has 0 aliphatic carbocycles. The van der Waals surface area contributed by atoms with Gasteiger partial charge in [-0.2, -0.15) is 0 Å². The molecule has 1 saturated heterocycles. The number of aromatic nitrogens is 1. The molecule has 19 heavy (non-hydrogen) atoms. The lowest BCUT2D eigenvalue weighted by Gasteiger charge is -2.21. The molecule has 2 rings (SSSR count). The molecular formula is C13H20N4O2. The molecule has 0 radical (unpaired) electrons. The summed E-state index contributed by atoms with van der Waals surface area (Å²) in [4.78, 5) is 20.2. The molecule has 1 aliphatic rings. The van der Waals surface area contributed by atoms with Gasteiger partial charge in [0.1, 0.15) is 5.75 Å². The Hall–Kier alpha value is -1.66. The molecule has 0 unspecified atom stereocenters. The van der Waals surface area contributed by atoms with Crippen molar-refractivity contribution >= 4 is 5.91 Å². The van der Waals surface area contributed by atoms with E-state index in [1.165, 1.54) is 12.4 Å². The average Bonchev–Trinajstić information content (AvgIpc) is 2.65. The van der Waals surface area contributed by atoms with Gasteiger partial charge in [0.2, 0.25) is 0 Å². The fourth-order valence-electron chi connectivity index (χ4n) is 2.32. The van der Waals surface area contributed by atoms with Crippen LogP contribution in [-0.4, -0.2) is 65.1 Å². The summed E-state index contributed by atoms with van der Waals surface area (Å²) in [6.07, 6.45) is 3.74. The van der Waals surface area contributed by atoms with Gasteiger partial charge >= 0.3 is 0 Å². The van der Waals surface area contributed by atoms with Gasteiger partial charge in [0.25, 0.3) is 5.91 Å². The minimum Gasteiger partial charge on any atom is -0.505 e. The van der Waals surface area contributed by atoms with E-state index < -0.39 is 0 Å². The predicted octanol–water partition coefficient (Wildman–Crippen LogP) is -0.106. The molecule has 6 nitrogen and oxygen atoms in total. The second-order valence-corrected chi connectivity index (χ2v) is 4.67. The van der Waals surface area contributed by atoms with E-state index in [1.807, 2.05) is 0 Å². The minimum absolute atomic E-state index is 0.0597. The Labute approximate surface area is 112 Å². The Bertz CT molecular complexity index is 438. The van der Waals surface area contributed by atoms with Crippen LogP contribution in [0.25, 0.3) is 0 Å². The number of aromatic hydroxyl groups is 1. The zero-order valence-electron chi connectivity index (χ0n) is 11.0. The molecule has 1 amide bonds. The van der Waals surface area contributed by atoms with Crippen molar-refractivity contribution in [3.05, 3.63) is 24.0 Å². The number of pyridine rings is 1. The van der Waals surface area contributed by atoms with Crippen LogP contribution in [0, 0.1) is 0 Å². The lowest BCUT2D eigenvalue weighted by Crippen LogP contribution is -2.36. The molecule has 1 aromatic heterocycles. The zero-order valence-corrected chi connectivity index (χ0v) is 11.0. The van der Waals surface area contributed by atoms with Crippen molar-refractivity contribution in [3.8, 4) is 5.75 Å². The fraction of sp³-hybridized carbons (Fsp3) is 0.538. The van der Waals surface area contributed by atoms with E-state index >= 15 is 0 Å². The maximum absolute atomic E-state index is 12.3. The molecule has 104 valence electrons. The first-order valence-corrected chi connectivity index (χ1v) is 6.57. The maximum atomic E-state index is 12.3. The average molecular weight is 264 g/mol. The van der Waals surface area contributed by atoms with Crippen molar-refractivity contribution in [2.24, 2.45) is 5.73 Å². The lowest BCUT2D eigenvalue weighted by atomic mass is 10.2. The maximum Gasteiger partial charge on any atom is 0.257 e. The van der Waals surface area contributed by atoms with E-state index in [2.05, 4.69) is 9.88 Å². The quantitative estimate of drug-likeness (QED) is 0.796. The van der Waals surface area contributed by atoms with Crippen LogP contribution >= 0.6 is 0 Å². The number of carbonyl (C=O) groups excluding carboxylic acids is 1. The number of hydrogen-bond donors (Lipinski definition) is 2. The fourth-order valence-corrected chi connectivity index (χ4v) is 2.32. The van der Waals surface area contributed by atoms with Gasteiger partial charge in [-0.25, -0.2) is 0 Å². The monoisotopic (exact) mass is 264 g/mol. The van der Waals surface area contributed by atoms with Gasteiger partial charge in [-0.3, -0.25) is 9.78 Å². The summed E-state index contributed by atoms with van der Waals surface area (Å²) < 4.78 is 0. The normalized spacial score (nSPS) is 17.2. The molecule has 0 bridgehead atoms. The van der Waals surface area contributed by atoms with Gasteiger partial charge < -0.3 is 20.6 Å². The van der Waals surface area contributed by atoms with Crippen molar-refractivity contribution < 1.29 is 9.90 Å². The predicted molar refractivity (Wildman–Crippen MR) is 71.9 cm³/mol. The summed E-state index contributed by atoms with van der Waals surface area (Å²) in [5, 5.41) is 9.68. The summed E-state index contributed by atoms with van der Waals surface area (Å²) in [5.74, 6) is -0.190. The van der Waals surface area contributed by atoms with Crippen molar-refractivity contribution in [1.82, 2.24) is 14.8 Å². The molecule has 0 aromatic carbocycles. The third kappa shape index (κ3) is 3.42. The summed E-state index contributed by atoms with van der Waals surface area (Å²) in [6, 6.07) is 1.56. The third-order valence-electron chi connectivity index (χ3n) is 3.35. The van der Waals surface area contributed by atoms with Crippen LogP contribution in [0.1, 0.15) is 16.8 Å². The Kier molecular flexibility index (Phi) is 4.70. The van der Waals surface area contributed by atoms with Gasteiger partial charge in [0.05, 0.1) is 11.8 Å². The molecule has 0 spiro atoms. The molecular weight excluding hydrogens is 244 g/mol. The topological polar surface area (TPSA) is 82.7 Å². The highest BCUT2D eigenvalue weighted by Gasteiger charge is 2.21. The van der Waals surface area contributed by atoms with Crippen LogP contribution in [-0.2, 0) is 0 Å². The summed E-state index contributed by atoms with van der Waals surface area (Å²) in [6.45, 7) is 4.67. The number of rotatable bonds is 3. The Balaban J connectivity index is 2.02. The van der Waals surface area contributed by atoms with Gasteiger partial charge in [-0.15, -0.1) is 0 Å². The largest absolute Gasteiger partial charge is 0.505 e. The molecule has 6 heteroatoms. The third-order valence-corrected chi connectivity index (χ3v) is 3.35. The smallest absolute Gasteiger partial charge is 0.257 e. The molecule has 0 saturated carbocycles. The van der Waals surface area contributed by atoms with Crippen LogP contribution in [0.2, 0.25) is 0 Å². The lowest BCUT2D eigenvalue weighted by molar-refractivity contribution is 0.0758. The zero-order chi connectivity index (χ0) is 13.7. The van der Waals surface area contributed by atoms with Crippen molar-refractivity contribution in [2.45, 2.75) is 6.42 Å². The standard InChI is InChI=1S/C13H20N4O2/c14-3-7-16-5-1-6-17(9-8-16)13(19)11-2-4-15-10-12(11)18/h2,4,10,18H,1,3,5-9,14H2. The second-order valence-electron chi connectivity index (χ2n) is 4.67. The first kappa shape index (κ1) is 13.8. The highest BCUT2D eigenvalue weighted by Crippen LogP contribution is 2.17. The van der Waals surface area contributed by atoms with Crippen molar-refractivity contribution in [3.63, 3.8) is 0 Å². The van der Waals surface area contributed by atoms with E-state index in [9.17, 15) is 9.90 Å². The van der Waals surface area contributed by atoms with Gasteiger partial charge in [-0.05, 0) is 19.0 Å². The molecule has 1 fully saturated rings. The van der Waals surface area contributed by atoms with Gasteiger partial charge in [0.15, 0.2) is 0 Å². The van der Waals surface area contributed by atoms with Crippen LogP contribution in [0.4, 0.5) is 0 Å². The van der Waals surface area contributed by atoms with E-state index in [1.54, 1.807) is 11.0 Å². The first-order chi connectivity index (χ1) is 9.22. The molecule has 1 aromatic rings. The summed E-state index contributed by atoms with van der Waals surface area (Å²) in [7, 11) is 0. The minimum atomic E-state index is -0.130. The highest BCUT2D eigenvalue weighted by atomic mass is 16.3. The first-order valence-electron chi connectivity index (χ1n) is 6.57. The van der Waals surface area contributed by atoms with Crippen LogP contribution < -0.4 is 5.73 Å².